The lowest BCUT2D eigenvalue weighted by Gasteiger charge is -2.43. The fourth-order valence-electron chi connectivity index (χ4n) is 3.36. The first-order chi connectivity index (χ1) is 7.95. The van der Waals surface area contributed by atoms with E-state index in [9.17, 15) is 0 Å². The van der Waals surface area contributed by atoms with E-state index in [0.29, 0.717) is 18.0 Å². The summed E-state index contributed by atoms with van der Waals surface area (Å²) in [5, 5.41) is 0. The predicted molar refractivity (Wildman–Crippen MR) is 76.0 cm³/mol. The molecule has 0 aromatic carbocycles. The second-order valence-electron chi connectivity index (χ2n) is 6.63. The number of nitrogens with two attached hydrogens (primary N) is 1. The summed E-state index contributed by atoms with van der Waals surface area (Å²) in [4.78, 5) is 2.60. The van der Waals surface area contributed by atoms with E-state index >= 15 is 0 Å². The van der Waals surface area contributed by atoms with E-state index in [-0.39, 0.29) is 0 Å². The maximum absolute atomic E-state index is 5.95. The standard InChI is InChI=1S/C15H32N2/c1-11(2)8-13(4)17(5)15-9-12(3)6-7-14(15)10-16/h11-15H,6-10,16H2,1-5H3. The molecular weight excluding hydrogens is 208 g/mol. The lowest BCUT2D eigenvalue weighted by molar-refractivity contribution is 0.0714. The third-order valence-corrected chi connectivity index (χ3v) is 4.55. The average molecular weight is 240 g/mol. The van der Waals surface area contributed by atoms with Crippen molar-refractivity contribution in [3.05, 3.63) is 0 Å². The summed E-state index contributed by atoms with van der Waals surface area (Å²) in [6.07, 6.45) is 5.31. The molecule has 4 unspecified atom stereocenters. The van der Waals surface area contributed by atoms with Crippen LogP contribution in [0.1, 0.15) is 53.4 Å². The van der Waals surface area contributed by atoms with Gasteiger partial charge in [0.05, 0.1) is 0 Å². The van der Waals surface area contributed by atoms with Gasteiger partial charge in [-0.15, -0.1) is 0 Å². The Hall–Kier alpha value is -0.0800. The highest BCUT2D eigenvalue weighted by atomic mass is 15.2. The Kier molecular flexibility index (Phi) is 5.94. The number of nitrogens with zero attached hydrogens (tertiary/aromatic N) is 1. The molecule has 1 fully saturated rings. The molecule has 1 aliphatic rings. The minimum absolute atomic E-state index is 0.680. The van der Waals surface area contributed by atoms with Crippen molar-refractivity contribution in [3.8, 4) is 0 Å². The van der Waals surface area contributed by atoms with Gasteiger partial charge in [-0.1, -0.05) is 27.2 Å². The highest BCUT2D eigenvalue weighted by Gasteiger charge is 2.32. The molecule has 2 heteroatoms. The van der Waals surface area contributed by atoms with Crippen molar-refractivity contribution in [2.24, 2.45) is 23.5 Å². The van der Waals surface area contributed by atoms with Gasteiger partial charge < -0.3 is 10.6 Å². The van der Waals surface area contributed by atoms with Crippen LogP contribution in [-0.2, 0) is 0 Å². The highest BCUT2D eigenvalue weighted by molar-refractivity contribution is 4.87. The van der Waals surface area contributed by atoms with Crippen LogP contribution >= 0.6 is 0 Å². The first-order valence-corrected chi connectivity index (χ1v) is 7.37. The zero-order valence-electron chi connectivity index (χ0n) is 12.4. The second-order valence-corrected chi connectivity index (χ2v) is 6.63. The summed E-state index contributed by atoms with van der Waals surface area (Å²) >= 11 is 0. The third kappa shape index (κ3) is 4.26. The van der Waals surface area contributed by atoms with Crippen LogP contribution in [-0.4, -0.2) is 30.6 Å². The van der Waals surface area contributed by atoms with E-state index in [1.807, 2.05) is 0 Å². The van der Waals surface area contributed by atoms with Gasteiger partial charge in [0.1, 0.15) is 0 Å². The average Bonchev–Trinajstić information content (AvgIpc) is 2.27. The van der Waals surface area contributed by atoms with Gasteiger partial charge in [-0.25, -0.2) is 0 Å². The molecule has 4 atom stereocenters. The summed E-state index contributed by atoms with van der Waals surface area (Å²) in [5.74, 6) is 2.37. The van der Waals surface area contributed by atoms with Gasteiger partial charge in [0, 0.05) is 12.1 Å². The highest BCUT2D eigenvalue weighted by Crippen LogP contribution is 2.32. The zero-order valence-corrected chi connectivity index (χ0v) is 12.4. The summed E-state index contributed by atoms with van der Waals surface area (Å²) in [6.45, 7) is 10.2. The Morgan fingerprint density at radius 2 is 1.88 bits per heavy atom. The molecule has 0 aromatic heterocycles. The number of rotatable bonds is 5. The molecule has 2 nitrogen and oxygen atoms in total. The van der Waals surface area contributed by atoms with E-state index in [1.165, 1.54) is 25.7 Å². The lowest BCUT2D eigenvalue weighted by Crippen LogP contribution is -2.48. The Bertz CT molecular complexity index is 215. The van der Waals surface area contributed by atoms with Crippen molar-refractivity contribution in [2.75, 3.05) is 13.6 Å². The number of hydrogen-bond acceptors (Lipinski definition) is 2. The van der Waals surface area contributed by atoms with Crippen LogP contribution in [0.4, 0.5) is 0 Å². The van der Waals surface area contributed by atoms with Crippen molar-refractivity contribution in [1.29, 1.82) is 0 Å². The molecule has 2 N–H and O–H groups in total. The quantitative estimate of drug-likeness (QED) is 0.800. The van der Waals surface area contributed by atoms with E-state index in [1.54, 1.807) is 0 Å². The van der Waals surface area contributed by atoms with Gasteiger partial charge in [0.2, 0.25) is 0 Å². The molecule has 0 amide bonds. The summed E-state index contributed by atoms with van der Waals surface area (Å²) < 4.78 is 0. The summed E-state index contributed by atoms with van der Waals surface area (Å²) in [6, 6.07) is 1.39. The molecule has 1 rings (SSSR count). The van der Waals surface area contributed by atoms with Crippen molar-refractivity contribution >= 4 is 0 Å². The molecule has 17 heavy (non-hydrogen) atoms. The van der Waals surface area contributed by atoms with E-state index in [2.05, 4.69) is 39.6 Å². The van der Waals surface area contributed by atoms with Gasteiger partial charge in [0.25, 0.3) is 0 Å². The van der Waals surface area contributed by atoms with Gasteiger partial charge in [-0.3, -0.25) is 0 Å². The summed E-state index contributed by atoms with van der Waals surface area (Å²) in [7, 11) is 2.30. The van der Waals surface area contributed by atoms with Crippen LogP contribution in [0.15, 0.2) is 0 Å². The van der Waals surface area contributed by atoms with Crippen LogP contribution in [0.5, 0.6) is 0 Å². The predicted octanol–water partition coefficient (Wildman–Crippen LogP) is 3.12. The van der Waals surface area contributed by atoms with E-state index < -0.39 is 0 Å². The smallest absolute Gasteiger partial charge is 0.0138 e. The largest absolute Gasteiger partial charge is 0.330 e. The number of hydrogen-bond donors (Lipinski definition) is 1. The maximum atomic E-state index is 5.95. The minimum atomic E-state index is 0.680. The molecular formula is C15H32N2. The Morgan fingerprint density at radius 3 is 2.41 bits per heavy atom. The van der Waals surface area contributed by atoms with Gasteiger partial charge in [-0.2, -0.15) is 0 Å². The van der Waals surface area contributed by atoms with Crippen molar-refractivity contribution < 1.29 is 0 Å². The lowest BCUT2D eigenvalue weighted by atomic mass is 9.78. The Balaban J connectivity index is 2.60. The molecule has 1 aliphatic carbocycles. The van der Waals surface area contributed by atoms with Gasteiger partial charge in [0.15, 0.2) is 0 Å². The zero-order chi connectivity index (χ0) is 13.0. The molecule has 0 aromatic rings. The monoisotopic (exact) mass is 240 g/mol. The normalized spacial score (nSPS) is 32.1. The van der Waals surface area contributed by atoms with Gasteiger partial charge >= 0.3 is 0 Å². The Morgan fingerprint density at radius 1 is 1.24 bits per heavy atom. The second kappa shape index (κ2) is 6.75. The molecule has 102 valence electrons. The molecule has 1 saturated carbocycles. The van der Waals surface area contributed by atoms with E-state index in [0.717, 1.165) is 18.4 Å². The summed E-state index contributed by atoms with van der Waals surface area (Å²) in [5.41, 5.74) is 5.95. The van der Waals surface area contributed by atoms with E-state index in [4.69, 9.17) is 5.73 Å². The fraction of sp³-hybridized carbons (Fsp3) is 1.00. The molecule has 0 saturated heterocycles. The first-order valence-electron chi connectivity index (χ1n) is 7.37. The van der Waals surface area contributed by atoms with Gasteiger partial charge in [-0.05, 0) is 57.5 Å². The topological polar surface area (TPSA) is 29.3 Å². The van der Waals surface area contributed by atoms with Crippen molar-refractivity contribution in [1.82, 2.24) is 4.90 Å². The fourth-order valence-corrected chi connectivity index (χ4v) is 3.36. The molecule has 0 spiro atoms. The Labute approximate surface area is 108 Å². The van der Waals surface area contributed by atoms with Crippen molar-refractivity contribution in [2.45, 2.75) is 65.5 Å². The first kappa shape index (κ1) is 15.0. The molecule has 0 radical (unpaired) electrons. The van der Waals surface area contributed by atoms with Crippen LogP contribution < -0.4 is 5.73 Å². The molecule has 0 bridgehead atoms. The van der Waals surface area contributed by atoms with Crippen LogP contribution in [0, 0.1) is 17.8 Å². The van der Waals surface area contributed by atoms with Crippen LogP contribution in [0.25, 0.3) is 0 Å². The third-order valence-electron chi connectivity index (χ3n) is 4.55. The van der Waals surface area contributed by atoms with Crippen molar-refractivity contribution in [3.63, 3.8) is 0 Å². The maximum Gasteiger partial charge on any atom is 0.0138 e. The SMILES string of the molecule is CC(C)CC(C)N(C)C1CC(C)CCC1CN. The molecule has 0 heterocycles. The van der Waals surface area contributed by atoms with Crippen LogP contribution in [0.3, 0.4) is 0 Å². The molecule has 0 aliphatic heterocycles. The van der Waals surface area contributed by atoms with Crippen LogP contribution in [0.2, 0.25) is 0 Å². The minimum Gasteiger partial charge on any atom is -0.330 e.